The Morgan fingerprint density at radius 1 is 1.19 bits per heavy atom. The lowest BCUT2D eigenvalue weighted by atomic mass is 10.0. The summed E-state index contributed by atoms with van der Waals surface area (Å²) in [7, 11) is 0. The van der Waals surface area contributed by atoms with Gasteiger partial charge in [0.05, 0.1) is 5.39 Å². The van der Waals surface area contributed by atoms with E-state index in [2.05, 4.69) is 44.7 Å². The molecule has 1 fully saturated rings. The van der Waals surface area contributed by atoms with Crippen molar-refractivity contribution in [1.82, 2.24) is 10.2 Å². The van der Waals surface area contributed by atoms with Gasteiger partial charge in [-0.1, -0.05) is 29.8 Å². The van der Waals surface area contributed by atoms with Crippen molar-refractivity contribution in [3.05, 3.63) is 63.5 Å². The molecule has 0 aliphatic carbocycles. The van der Waals surface area contributed by atoms with E-state index >= 15 is 0 Å². The number of para-hydroxylation sites is 1. The van der Waals surface area contributed by atoms with Crippen molar-refractivity contribution >= 4 is 33.7 Å². The summed E-state index contributed by atoms with van der Waals surface area (Å²) in [6, 6.07) is 14.2. The molecule has 4 N–H and O–H groups in total. The van der Waals surface area contributed by atoms with Crippen LogP contribution in [0.4, 0.5) is 11.4 Å². The van der Waals surface area contributed by atoms with E-state index in [0.29, 0.717) is 28.5 Å². The van der Waals surface area contributed by atoms with Gasteiger partial charge in [0.25, 0.3) is 5.56 Å². The van der Waals surface area contributed by atoms with Crippen LogP contribution in [-0.2, 0) is 6.54 Å². The zero-order valence-corrected chi connectivity index (χ0v) is 15.7. The zero-order chi connectivity index (χ0) is 18.8. The molecule has 0 spiro atoms. The Bertz CT molecular complexity index is 1010. The smallest absolute Gasteiger partial charge is 0.272 e. The summed E-state index contributed by atoms with van der Waals surface area (Å²) in [4.78, 5) is 14.3. The van der Waals surface area contributed by atoms with Gasteiger partial charge in [-0.3, -0.25) is 4.79 Å². The predicted molar refractivity (Wildman–Crippen MR) is 111 cm³/mol. The number of nitrogens with one attached hydrogen (secondary N) is 2. The molecule has 140 valence electrons. The maximum absolute atomic E-state index is 11.9. The molecule has 2 aromatic carbocycles. The van der Waals surface area contributed by atoms with Gasteiger partial charge in [-0.25, -0.2) is 5.10 Å². The van der Waals surface area contributed by atoms with E-state index in [1.54, 1.807) is 6.07 Å². The molecule has 0 amide bonds. The number of benzene rings is 2. The quantitative estimate of drug-likeness (QED) is 0.644. The van der Waals surface area contributed by atoms with Crippen LogP contribution in [-0.4, -0.2) is 29.3 Å². The first-order valence-corrected chi connectivity index (χ1v) is 9.50. The Morgan fingerprint density at radius 3 is 2.78 bits per heavy atom. The zero-order valence-electron chi connectivity index (χ0n) is 14.9. The molecule has 0 atom stereocenters. The average Bonchev–Trinajstić information content (AvgIpc) is 2.70. The third kappa shape index (κ3) is 3.77. The summed E-state index contributed by atoms with van der Waals surface area (Å²) in [6.45, 7) is 2.65. The van der Waals surface area contributed by atoms with Crippen LogP contribution in [0.25, 0.3) is 10.8 Å². The molecule has 0 unspecified atom stereocenters. The highest BCUT2D eigenvalue weighted by molar-refractivity contribution is 6.34. The van der Waals surface area contributed by atoms with Gasteiger partial charge < -0.3 is 16.0 Å². The van der Waals surface area contributed by atoms with Crippen molar-refractivity contribution < 1.29 is 0 Å². The Morgan fingerprint density at radius 2 is 1.96 bits per heavy atom. The third-order valence-electron chi connectivity index (χ3n) is 5.10. The van der Waals surface area contributed by atoms with Crippen LogP contribution >= 0.6 is 11.6 Å². The molecule has 7 heteroatoms. The molecule has 1 aliphatic rings. The normalized spacial score (nSPS) is 15.3. The number of rotatable bonds is 4. The Labute approximate surface area is 162 Å². The van der Waals surface area contributed by atoms with Gasteiger partial charge in [0.2, 0.25) is 0 Å². The van der Waals surface area contributed by atoms with Crippen LogP contribution in [0.2, 0.25) is 5.15 Å². The second-order valence-corrected chi connectivity index (χ2v) is 7.27. The molecule has 27 heavy (non-hydrogen) atoms. The average molecular weight is 384 g/mol. The molecule has 6 nitrogen and oxygen atoms in total. The van der Waals surface area contributed by atoms with E-state index in [-0.39, 0.29) is 5.56 Å². The Kier molecular flexibility index (Phi) is 5.01. The SMILES string of the molecule is NC1CCN(c2ccccc2CNc2ccc3c(=O)[nH]nc(Cl)c3c2)CC1. The van der Waals surface area contributed by atoms with Crippen LogP contribution < -0.4 is 21.5 Å². The highest BCUT2D eigenvalue weighted by Crippen LogP contribution is 2.26. The molecule has 0 bridgehead atoms. The summed E-state index contributed by atoms with van der Waals surface area (Å²) in [5, 5.41) is 11.1. The van der Waals surface area contributed by atoms with Crippen molar-refractivity contribution in [3.63, 3.8) is 0 Å². The van der Waals surface area contributed by atoms with E-state index in [4.69, 9.17) is 17.3 Å². The van der Waals surface area contributed by atoms with E-state index < -0.39 is 0 Å². The fourth-order valence-electron chi connectivity index (χ4n) is 3.55. The maximum Gasteiger partial charge on any atom is 0.272 e. The summed E-state index contributed by atoms with van der Waals surface area (Å²) in [5.74, 6) is 0. The summed E-state index contributed by atoms with van der Waals surface area (Å²) in [5.41, 5.74) is 9.16. The van der Waals surface area contributed by atoms with Gasteiger partial charge in [0, 0.05) is 42.4 Å². The van der Waals surface area contributed by atoms with Gasteiger partial charge in [-0.2, -0.15) is 5.10 Å². The standard InChI is InChI=1S/C20H22ClN5O/c21-19-17-11-15(5-6-16(17)20(27)25-24-19)23-12-13-3-1-2-4-18(13)26-9-7-14(22)8-10-26/h1-6,11,14,23H,7-10,12,22H2,(H,25,27). The lowest BCUT2D eigenvalue weighted by Gasteiger charge is -2.33. The molecular formula is C20H22ClN5O. The fraction of sp³-hybridized carbons (Fsp3) is 0.300. The fourth-order valence-corrected chi connectivity index (χ4v) is 3.75. The second-order valence-electron chi connectivity index (χ2n) is 6.91. The van der Waals surface area contributed by atoms with Crippen molar-refractivity contribution in [2.75, 3.05) is 23.3 Å². The minimum atomic E-state index is -0.241. The first-order valence-electron chi connectivity index (χ1n) is 9.12. The van der Waals surface area contributed by atoms with Crippen molar-refractivity contribution in [2.24, 2.45) is 5.73 Å². The number of hydrogen-bond acceptors (Lipinski definition) is 5. The summed E-state index contributed by atoms with van der Waals surface area (Å²) < 4.78 is 0. The number of piperidine rings is 1. The largest absolute Gasteiger partial charge is 0.381 e. The Hall–Kier alpha value is -2.57. The topological polar surface area (TPSA) is 87.0 Å². The molecule has 1 saturated heterocycles. The second kappa shape index (κ2) is 7.58. The molecule has 2 heterocycles. The summed E-state index contributed by atoms with van der Waals surface area (Å²) >= 11 is 6.13. The number of H-pyrrole nitrogens is 1. The highest BCUT2D eigenvalue weighted by atomic mass is 35.5. The number of aromatic nitrogens is 2. The minimum Gasteiger partial charge on any atom is -0.381 e. The van der Waals surface area contributed by atoms with Gasteiger partial charge in [-0.15, -0.1) is 0 Å². The van der Waals surface area contributed by atoms with E-state index in [9.17, 15) is 4.79 Å². The number of nitrogens with zero attached hydrogens (tertiary/aromatic N) is 2. The highest BCUT2D eigenvalue weighted by Gasteiger charge is 2.18. The molecule has 3 aromatic rings. The number of hydrogen-bond donors (Lipinski definition) is 3. The van der Waals surface area contributed by atoms with Crippen LogP contribution in [0.3, 0.4) is 0 Å². The van der Waals surface area contributed by atoms with Gasteiger partial charge in [-0.05, 0) is 42.7 Å². The van der Waals surface area contributed by atoms with Crippen molar-refractivity contribution in [2.45, 2.75) is 25.4 Å². The number of halogens is 1. The minimum absolute atomic E-state index is 0.241. The van der Waals surface area contributed by atoms with Crippen LogP contribution in [0.1, 0.15) is 18.4 Å². The predicted octanol–water partition coefficient (Wildman–Crippen LogP) is 3.12. The maximum atomic E-state index is 11.9. The lowest BCUT2D eigenvalue weighted by molar-refractivity contribution is 0.500. The number of aromatic amines is 1. The third-order valence-corrected chi connectivity index (χ3v) is 5.39. The monoisotopic (exact) mass is 383 g/mol. The Balaban J connectivity index is 1.55. The molecule has 1 aliphatic heterocycles. The van der Waals surface area contributed by atoms with Gasteiger partial charge in [0.15, 0.2) is 5.15 Å². The van der Waals surface area contributed by atoms with Crippen LogP contribution in [0.15, 0.2) is 47.3 Å². The number of anilines is 2. The van der Waals surface area contributed by atoms with Crippen LogP contribution in [0, 0.1) is 0 Å². The molecule has 1 aromatic heterocycles. The molecule has 0 saturated carbocycles. The van der Waals surface area contributed by atoms with Crippen molar-refractivity contribution in [3.8, 4) is 0 Å². The van der Waals surface area contributed by atoms with Gasteiger partial charge in [0.1, 0.15) is 0 Å². The van der Waals surface area contributed by atoms with E-state index in [0.717, 1.165) is 31.6 Å². The van der Waals surface area contributed by atoms with Gasteiger partial charge >= 0.3 is 0 Å². The number of nitrogens with two attached hydrogens (primary N) is 1. The molecule has 0 radical (unpaired) electrons. The lowest BCUT2D eigenvalue weighted by Crippen LogP contribution is -2.40. The van der Waals surface area contributed by atoms with Crippen molar-refractivity contribution in [1.29, 1.82) is 0 Å². The first-order chi connectivity index (χ1) is 13.1. The first kappa shape index (κ1) is 17.8. The number of fused-ring (bicyclic) bond motifs is 1. The van der Waals surface area contributed by atoms with E-state index in [1.807, 2.05) is 12.1 Å². The van der Waals surface area contributed by atoms with Crippen LogP contribution in [0.5, 0.6) is 0 Å². The molecular weight excluding hydrogens is 362 g/mol. The molecule has 4 rings (SSSR count). The van der Waals surface area contributed by atoms with E-state index in [1.165, 1.54) is 11.3 Å². The summed E-state index contributed by atoms with van der Waals surface area (Å²) in [6.07, 6.45) is 2.04.